The lowest BCUT2D eigenvalue weighted by molar-refractivity contribution is -0.870. The Bertz CT molecular complexity index is 979. The van der Waals surface area contributed by atoms with E-state index in [2.05, 4.69) is 79.8 Å². The van der Waals surface area contributed by atoms with Gasteiger partial charge in [-0.3, -0.25) is 13.8 Å². The molecule has 47 heavy (non-hydrogen) atoms. The van der Waals surface area contributed by atoms with Gasteiger partial charge in [-0.05, 0) is 57.8 Å². The number of nitrogens with zero attached hydrogens (tertiary/aromatic N) is 1. The van der Waals surface area contributed by atoms with Gasteiger partial charge >= 0.3 is 13.8 Å². The van der Waals surface area contributed by atoms with E-state index in [1.165, 1.54) is 32.6 Å². The molecule has 0 aromatic rings. The summed E-state index contributed by atoms with van der Waals surface area (Å²) in [7, 11) is 1.63. The molecule has 0 aliphatic rings. The summed E-state index contributed by atoms with van der Waals surface area (Å²) in [5.41, 5.74) is 0. The first-order chi connectivity index (χ1) is 22.6. The fourth-order valence-electron chi connectivity index (χ4n) is 4.20. The summed E-state index contributed by atoms with van der Waals surface area (Å²) in [5, 5.41) is 0. The summed E-state index contributed by atoms with van der Waals surface area (Å²) in [6, 6.07) is 0. The third-order valence-electron chi connectivity index (χ3n) is 6.83. The minimum Gasteiger partial charge on any atom is -0.458 e. The van der Waals surface area contributed by atoms with E-state index in [-0.39, 0.29) is 19.8 Å². The number of unbranched alkanes of at least 4 members (excludes halogenated alkanes) is 7. The molecule has 0 aliphatic heterocycles. The molecule has 2 atom stereocenters. The highest BCUT2D eigenvalue weighted by Gasteiger charge is 2.25. The Balaban J connectivity index is 3.73. The number of allylic oxidation sites excluding steroid dienone is 12. The van der Waals surface area contributed by atoms with Gasteiger partial charge in [0.05, 0.1) is 34.4 Å². The zero-order chi connectivity index (χ0) is 34.9. The van der Waals surface area contributed by atoms with Crippen molar-refractivity contribution in [1.29, 1.82) is 0 Å². The van der Waals surface area contributed by atoms with Crippen LogP contribution in [-0.2, 0) is 27.9 Å². The molecule has 0 fully saturated rings. The lowest BCUT2D eigenvalue weighted by Crippen LogP contribution is -2.37. The molecule has 0 rings (SSSR count). The quantitative estimate of drug-likeness (QED) is 0.0256. The van der Waals surface area contributed by atoms with Crippen molar-refractivity contribution in [2.75, 3.05) is 54.1 Å². The van der Waals surface area contributed by atoms with Crippen LogP contribution < -0.4 is 0 Å². The molecule has 0 aromatic carbocycles. The van der Waals surface area contributed by atoms with E-state index < -0.39 is 19.9 Å². The van der Waals surface area contributed by atoms with Crippen LogP contribution in [0.1, 0.15) is 104 Å². The van der Waals surface area contributed by atoms with Gasteiger partial charge < -0.3 is 18.9 Å². The molecule has 0 aliphatic carbocycles. The van der Waals surface area contributed by atoms with Crippen molar-refractivity contribution in [2.45, 2.75) is 110 Å². The van der Waals surface area contributed by atoms with Crippen LogP contribution in [0.15, 0.2) is 72.9 Å². The van der Waals surface area contributed by atoms with E-state index in [1.807, 2.05) is 21.1 Å². The van der Waals surface area contributed by atoms with Gasteiger partial charge in [-0.15, -0.1) is 0 Å². The number of phosphoric acid groups is 1. The second-order valence-corrected chi connectivity index (χ2v) is 14.1. The van der Waals surface area contributed by atoms with Crippen LogP contribution in [0.5, 0.6) is 0 Å². The Hall–Kier alpha value is -2.06. The van der Waals surface area contributed by atoms with Crippen LogP contribution in [0.3, 0.4) is 0 Å². The third-order valence-corrected chi connectivity index (χ3v) is 7.82. The highest BCUT2D eigenvalue weighted by atomic mass is 31.2. The fraction of sp³-hybridized carbons (Fsp3) is 0.658. The van der Waals surface area contributed by atoms with E-state index in [0.717, 1.165) is 64.2 Å². The maximum Gasteiger partial charge on any atom is 0.472 e. The molecule has 9 heteroatoms. The third kappa shape index (κ3) is 36.6. The maximum atomic E-state index is 12.1. The summed E-state index contributed by atoms with van der Waals surface area (Å²) < 4.78 is 33.6. The zero-order valence-electron chi connectivity index (χ0n) is 30.2. The lowest BCUT2D eigenvalue weighted by atomic mass is 10.1. The van der Waals surface area contributed by atoms with Crippen molar-refractivity contribution in [3.8, 4) is 0 Å². The van der Waals surface area contributed by atoms with Crippen LogP contribution in [0.25, 0.3) is 0 Å². The number of carbonyl (C=O) groups excluding carboxylic acids is 1. The van der Waals surface area contributed by atoms with Crippen molar-refractivity contribution in [3.63, 3.8) is 0 Å². The molecule has 0 aromatic heterocycles. The topological polar surface area (TPSA) is 91.3 Å². The van der Waals surface area contributed by atoms with Crippen LogP contribution >= 0.6 is 7.82 Å². The second-order valence-electron chi connectivity index (χ2n) is 12.6. The van der Waals surface area contributed by atoms with Gasteiger partial charge in [0.25, 0.3) is 0 Å². The first kappa shape index (κ1) is 44.9. The van der Waals surface area contributed by atoms with E-state index in [0.29, 0.717) is 17.6 Å². The van der Waals surface area contributed by atoms with Gasteiger partial charge in [-0.2, -0.15) is 0 Å². The zero-order valence-corrected chi connectivity index (χ0v) is 31.1. The molecule has 0 heterocycles. The van der Waals surface area contributed by atoms with Gasteiger partial charge in [0.2, 0.25) is 0 Å². The number of esters is 1. The number of phosphoric ester groups is 1. The average molecular weight is 681 g/mol. The van der Waals surface area contributed by atoms with Crippen molar-refractivity contribution in [2.24, 2.45) is 0 Å². The second kappa shape index (κ2) is 31.2. The van der Waals surface area contributed by atoms with Crippen molar-refractivity contribution in [1.82, 2.24) is 0 Å². The van der Waals surface area contributed by atoms with E-state index in [9.17, 15) is 14.3 Å². The predicted molar refractivity (Wildman–Crippen MR) is 196 cm³/mol. The Labute approximate surface area is 287 Å². The Morgan fingerprint density at radius 2 is 1.13 bits per heavy atom. The molecule has 8 nitrogen and oxygen atoms in total. The van der Waals surface area contributed by atoms with E-state index in [4.69, 9.17) is 18.5 Å². The highest BCUT2D eigenvalue weighted by molar-refractivity contribution is 7.47. The van der Waals surface area contributed by atoms with Crippen molar-refractivity contribution < 1.29 is 37.3 Å². The number of likely N-dealkylation sites (N-methyl/N-ethyl adjacent to an activating group) is 1. The molecular formula is C38H67NO7P+. The Morgan fingerprint density at radius 3 is 1.62 bits per heavy atom. The van der Waals surface area contributed by atoms with Crippen LogP contribution in [0.2, 0.25) is 0 Å². The first-order valence-electron chi connectivity index (χ1n) is 17.6. The van der Waals surface area contributed by atoms with Crippen LogP contribution in [0, 0.1) is 0 Å². The summed E-state index contributed by atoms with van der Waals surface area (Å²) in [4.78, 5) is 21.3. The van der Waals surface area contributed by atoms with E-state index >= 15 is 0 Å². The molecule has 0 radical (unpaired) electrons. The largest absolute Gasteiger partial charge is 0.472 e. The smallest absolute Gasteiger partial charge is 0.458 e. The van der Waals surface area contributed by atoms with Crippen molar-refractivity contribution >= 4 is 13.8 Å². The molecule has 0 saturated carbocycles. The summed E-state index contributed by atoms with van der Waals surface area (Å²) in [6.45, 7) is 4.45. The molecule has 270 valence electrons. The standard InChI is InChI=1S/C38H66NO7P/c1-6-7-8-9-10-11-12-13-14-15-16-17-18-19-20-21-22-23-24-25-26-27-28-29-30-31-33-43-35-38(46-37(2)40)36-45-47(41,42)44-34-32-39(3,4)5/h7-8,10-11,13-14,16-17,19-20,22-23,38H,6,9,12,15,18,21,24-36H2,1-5H3/p+1/b8-7-,11-10-,14-13-,17-16-,20-19-,23-22-. The maximum absolute atomic E-state index is 12.1. The number of carbonyl (C=O) groups is 1. The Kier molecular flexibility index (Phi) is 29.9. The number of rotatable bonds is 31. The van der Waals surface area contributed by atoms with Gasteiger partial charge in [-0.1, -0.05) is 112 Å². The summed E-state index contributed by atoms with van der Waals surface area (Å²) in [6.07, 6.45) is 41.4. The molecule has 1 N–H and O–H groups in total. The van der Waals surface area contributed by atoms with Crippen molar-refractivity contribution in [3.05, 3.63) is 72.9 Å². The monoisotopic (exact) mass is 680 g/mol. The molecule has 2 unspecified atom stereocenters. The normalized spacial score (nSPS) is 14.9. The number of quaternary nitrogens is 1. The highest BCUT2D eigenvalue weighted by Crippen LogP contribution is 2.43. The molecule has 0 amide bonds. The molecular weight excluding hydrogens is 613 g/mol. The molecule has 0 saturated heterocycles. The number of hydrogen-bond acceptors (Lipinski definition) is 6. The Morgan fingerprint density at radius 1 is 0.660 bits per heavy atom. The van der Waals surface area contributed by atoms with Gasteiger partial charge in [0.1, 0.15) is 19.3 Å². The fourth-order valence-corrected chi connectivity index (χ4v) is 4.94. The molecule has 0 bridgehead atoms. The lowest BCUT2D eigenvalue weighted by Gasteiger charge is -2.24. The van der Waals surface area contributed by atoms with Gasteiger partial charge in [0, 0.05) is 13.5 Å². The van der Waals surface area contributed by atoms with Gasteiger partial charge in [-0.25, -0.2) is 4.57 Å². The average Bonchev–Trinajstić information content (AvgIpc) is 3.00. The first-order valence-corrected chi connectivity index (χ1v) is 19.1. The predicted octanol–water partition coefficient (Wildman–Crippen LogP) is 9.59. The van der Waals surface area contributed by atoms with Crippen LogP contribution in [0.4, 0.5) is 0 Å². The van der Waals surface area contributed by atoms with Crippen LogP contribution in [-0.4, -0.2) is 75.6 Å². The summed E-state index contributed by atoms with van der Waals surface area (Å²) in [5.74, 6) is -0.498. The minimum atomic E-state index is -4.23. The van der Waals surface area contributed by atoms with E-state index in [1.54, 1.807) is 0 Å². The van der Waals surface area contributed by atoms with Gasteiger partial charge in [0.15, 0.2) is 0 Å². The number of hydrogen-bond donors (Lipinski definition) is 1. The number of ether oxygens (including phenoxy) is 2. The SMILES string of the molecule is CC/C=C\C/C=C\C/C=C\C/C=C\C/C=C\C/C=C\CCCCCCCCCOCC(COP(=O)(O)OCC[N+](C)(C)C)OC(C)=O. The minimum absolute atomic E-state index is 0.0789. The summed E-state index contributed by atoms with van der Waals surface area (Å²) >= 11 is 0. The molecule has 0 spiro atoms.